The van der Waals surface area contributed by atoms with Crippen LogP contribution in [0.2, 0.25) is 0 Å². The maximum atomic E-state index is 12.7. The van der Waals surface area contributed by atoms with E-state index in [2.05, 4.69) is 4.72 Å². The lowest BCUT2D eigenvalue weighted by molar-refractivity contribution is 0.0929. The Morgan fingerprint density at radius 1 is 0.848 bits per heavy atom. The van der Waals surface area contributed by atoms with E-state index in [-0.39, 0.29) is 16.3 Å². The maximum absolute atomic E-state index is 12.7. The number of furan rings is 1. The molecule has 1 aliphatic rings. The van der Waals surface area contributed by atoms with E-state index in [0.29, 0.717) is 26.3 Å². The number of ether oxygens (including phenoxy) is 1. The van der Waals surface area contributed by atoms with E-state index < -0.39 is 20.0 Å². The molecule has 0 bridgehead atoms. The largest absolute Gasteiger partial charge is 0.467 e. The zero-order chi connectivity index (χ0) is 23.3. The fraction of sp³-hybridized carbons (Fsp3) is 0.304. The van der Waals surface area contributed by atoms with Crippen LogP contribution in [0.1, 0.15) is 29.7 Å². The first-order valence-electron chi connectivity index (χ1n) is 10.6. The second kappa shape index (κ2) is 10.2. The number of rotatable bonds is 10. The summed E-state index contributed by atoms with van der Waals surface area (Å²) < 4.78 is 65.5. The smallest absolute Gasteiger partial charge is 0.243 e. The molecule has 1 fully saturated rings. The molecule has 1 aliphatic heterocycles. The third-order valence-corrected chi connectivity index (χ3v) is 8.72. The highest BCUT2D eigenvalue weighted by atomic mass is 32.2. The fourth-order valence-corrected chi connectivity index (χ4v) is 6.16. The van der Waals surface area contributed by atoms with E-state index in [1.807, 2.05) is 30.3 Å². The molecule has 0 aliphatic carbocycles. The SMILES string of the molecule is O=S(=O)(NCc1cccc(COCc2ccco2)c1)c1ccc(S(=O)(=O)N2CCCC2)cc1. The van der Waals surface area contributed by atoms with Crippen LogP contribution in [0, 0.1) is 0 Å². The quantitative estimate of drug-likeness (QED) is 0.468. The maximum Gasteiger partial charge on any atom is 0.243 e. The van der Waals surface area contributed by atoms with Gasteiger partial charge in [-0.25, -0.2) is 21.6 Å². The van der Waals surface area contributed by atoms with Crippen LogP contribution in [-0.2, 0) is 44.5 Å². The molecule has 0 saturated carbocycles. The Balaban J connectivity index is 1.36. The molecule has 3 aromatic rings. The second-order valence-electron chi connectivity index (χ2n) is 7.80. The van der Waals surface area contributed by atoms with Gasteiger partial charge in [0, 0.05) is 19.6 Å². The van der Waals surface area contributed by atoms with Crippen molar-refractivity contribution in [2.24, 2.45) is 0 Å². The van der Waals surface area contributed by atoms with Crippen LogP contribution in [0.4, 0.5) is 0 Å². The van der Waals surface area contributed by atoms with Gasteiger partial charge in [0.15, 0.2) is 0 Å². The van der Waals surface area contributed by atoms with Crippen molar-refractivity contribution in [1.29, 1.82) is 0 Å². The molecule has 176 valence electrons. The summed E-state index contributed by atoms with van der Waals surface area (Å²) in [5.74, 6) is 0.734. The molecule has 1 N–H and O–H groups in total. The molecule has 2 heterocycles. The van der Waals surface area contributed by atoms with Crippen molar-refractivity contribution in [3.05, 3.63) is 83.8 Å². The molecule has 8 nitrogen and oxygen atoms in total. The van der Waals surface area contributed by atoms with Crippen molar-refractivity contribution in [2.75, 3.05) is 13.1 Å². The Kier molecular flexibility index (Phi) is 7.30. The molecule has 2 aromatic carbocycles. The van der Waals surface area contributed by atoms with Gasteiger partial charge in [-0.05, 0) is 60.4 Å². The molecule has 4 rings (SSSR count). The van der Waals surface area contributed by atoms with Gasteiger partial charge in [-0.15, -0.1) is 0 Å². The number of nitrogens with zero attached hydrogens (tertiary/aromatic N) is 1. The Morgan fingerprint density at radius 3 is 2.24 bits per heavy atom. The van der Waals surface area contributed by atoms with E-state index in [1.165, 1.54) is 28.6 Å². The van der Waals surface area contributed by atoms with E-state index in [4.69, 9.17) is 9.15 Å². The first-order chi connectivity index (χ1) is 15.8. The predicted octanol–water partition coefficient (Wildman–Crippen LogP) is 3.26. The van der Waals surface area contributed by atoms with Crippen LogP contribution in [0.15, 0.2) is 81.1 Å². The van der Waals surface area contributed by atoms with Crippen LogP contribution in [-0.4, -0.2) is 34.2 Å². The molecular weight excluding hydrogens is 464 g/mol. The highest BCUT2D eigenvalue weighted by molar-refractivity contribution is 7.89. The van der Waals surface area contributed by atoms with E-state index in [0.717, 1.165) is 29.7 Å². The molecule has 1 saturated heterocycles. The van der Waals surface area contributed by atoms with Gasteiger partial charge in [0.25, 0.3) is 0 Å². The van der Waals surface area contributed by atoms with Crippen molar-refractivity contribution in [2.45, 2.75) is 42.4 Å². The lowest BCUT2D eigenvalue weighted by atomic mass is 10.1. The first kappa shape index (κ1) is 23.7. The average molecular weight is 491 g/mol. The summed E-state index contributed by atoms with van der Waals surface area (Å²) in [4.78, 5) is 0.117. The van der Waals surface area contributed by atoms with Crippen molar-refractivity contribution in [1.82, 2.24) is 9.03 Å². The van der Waals surface area contributed by atoms with Gasteiger partial charge >= 0.3 is 0 Å². The third-order valence-electron chi connectivity index (χ3n) is 5.39. The number of hydrogen-bond acceptors (Lipinski definition) is 6. The van der Waals surface area contributed by atoms with Crippen LogP contribution in [0.5, 0.6) is 0 Å². The van der Waals surface area contributed by atoms with Crippen molar-refractivity contribution >= 4 is 20.0 Å². The second-order valence-corrected chi connectivity index (χ2v) is 11.5. The monoisotopic (exact) mass is 490 g/mol. The minimum absolute atomic E-state index is 0.0146. The van der Waals surface area contributed by atoms with Crippen molar-refractivity contribution in [3.8, 4) is 0 Å². The van der Waals surface area contributed by atoms with Gasteiger partial charge in [-0.1, -0.05) is 24.3 Å². The Bertz CT molecular complexity index is 1260. The third kappa shape index (κ3) is 5.90. The normalized spacial score (nSPS) is 15.2. The lowest BCUT2D eigenvalue weighted by Gasteiger charge is -2.15. The molecule has 33 heavy (non-hydrogen) atoms. The van der Waals surface area contributed by atoms with Crippen molar-refractivity contribution in [3.63, 3.8) is 0 Å². The highest BCUT2D eigenvalue weighted by Gasteiger charge is 2.27. The van der Waals surface area contributed by atoms with E-state index in [9.17, 15) is 16.8 Å². The summed E-state index contributed by atoms with van der Waals surface area (Å²) in [6.07, 6.45) is 3.27. The van der Waals surface area contributed by atoms with Gasteiger partial charge in [0.05, 0.1) is 22.7 Å². The summed E-state index contributed by atoms with van der Waals surface area (Å²) in [5.41, 5.74) is 1.70. The van der Waals surface area contributed by atoms with Gasteiger partial charge in [-0.2, -0.15) is 4.31 Å². The zero-order valence-corrected chi connectivity index (χ0v) is 19.6. The van der Waals surface area contributed by atoms with Crippen LogP contribution in [0.25, 0.3) is 0 Å². The Labute approximate surface area is 194 Å². The Morgan fingerprint density at radius 2 is 1.55 bits per heavy atom. The zero-order valence-electron chi connectivity index (χ0n) is 18.0. The summed E-state index contributed by atoms with van der Waals surface area (Å²) in [6.45, 7) is 1.82. The number of nitrogens with one attached hydrogen (secondary N) is 1. The molecular formula is C23H26N2O6S2. The minimum Gasteiger partial charge on any atom is -0.467 e. The van der Waals surface area contributed by atoms with Gasteiger partial charge < -0.3 is 9.15 Å². The summed E-state index contributed by atoms with van der Waals surface area (Å²) in [5, 5.41) is 0. The highest BCUT2D eigenvalue weighted by Crippen LogP contribution is 2.22. The van der Waals surface area contributed by atoms with Crippen LogP contribution >= 0.6 is 0 Å². The van der Waals surface area contributed by atoms with Crippen LogP contribution < -0.4 is 4.72 Å². The van der Waals surface area contributed by atoms with Gasteiger partial charge in [-0.3, -0.25) is 0 Å². The summed E-state index contributed by atoms with van der Waals surface area (Å²) >= 11 is 0. The molecule has 0 atom stereocenters. The molecule has 0 unspecified atom stereocenters. The van der Waals surface area contributed by atoms with E-state index >= 15 is 0 Å². The minimum atomic E-state index is -3.80. The van der Waals surface area contributed by atoms with Crippen molar-refractivity contribution < 1.29 is 26.0 Å². The van der Waals surface area contributed by atoms with Crippen LogP contribution in [0.3, 0.4) is 0 Å². The van der Waals surface area contributed by atoms with Gasteiger partial charge in [0.1, 0.15) is 12.4 Å². The number of benzene rings is 2. The number of hydrogen-bond donors (Lipinski definition) is 1. The number of sulfonamides is 2. The molecule has 0 amide bonds. The fourth-order valence-electron chi connectivity index (χ4n) is 3.62. The standard InChI is InChI=1S/C23H26N2O6S2/c26-32(27,22-8-10-23(11-9-22)33(28,29)25-12-1-2-13-25)24-16-19-5-3-6-20(15-19)17-30-18-21-7-4-14-31-21/h3-11,14-15,24H,1-2,12-13,16-18H2. The summed E-state index contributed by atoms with van der Waals surface area (Å²) in [6, 6.07) is 16.4. The molecule has 0 radical (unpaired) electrons. The van der Waals surface area contributed by atoms with Gasteiger partial charge in [0.2, 0.25) is 20.0 Å². The molecule has 10 heteroatoms. The lowest BCUT2D eigenvalue weighted by Crippen LogP contribution is -2.28. The molecule has 0 spiro atoms. The Hall–Kier alpha value is -2.50. The molecule has 1 aromatic heterocycles. The average Bonchev–Trinajstić information content (AvgIpc) is 3.53. The summed E-state index contributed by atoms with van der Waals surface area (Å²) in [7, 11) is -7.38. The predicted molar refractivity (Wildman–Crippen MR) is 122 cm³/mol. The topological polar surface area (TPSA) is 106 Å². The van der Waals surface area contributed by atoms with E-state index in [1.54, 1.807) is 12.3 Å². The first-order valence-corrected chi connectivity index (χ1v) is 13.5.